The SMILES string of the molecule is NC1(OS(=O)(=O)CO)CCCCC1. The first-order valence-corrected chi connectivity index (χ1v) is 5.88. The van der Waals surface area contributed by atoms with E-state index in [2.05, 4.69) is 0 Å². The molecule has 0 aromatic heterocycles. The maximum absolute atomic E-state index is 10.9. The van der Waals surface area contributed by atoms with Crippen LogP contribution in [0.3, 0.4) is 0 Å². The Kier molecular flexibility index (Phi) is 3.28. The van der Waals surface area contributed by atoms with Gasteiger partial charge in [0.1, 0.15) is 5.72 Å². The van der Waals surface area contributed by atoms with Crippen molar-refractivity contribution in [3.8, 4) is 0 Å². The molecule has 1 saturated carbocycles. The van der Waals surface area contributed by atoms with Crippen LogP contribution in [0.15, 0.2) is 0 Å². The van der Waals surface area contributed by atoms with Crippen molar-refractivity contribution >= 4 is 10.1 Å². The van der Waals surface area contributed by atoms with Crippen molar-refractivity contribution < 1.29 is 17.7 Å². The van der Waals surface area contributed by atoms with E-state index in [0.29, 0.717) is 12.8 Å². The zero-order chi connectivity index (χ0) is 9.95. The second-order valence-corrected chi connectivity index (χ2v) is 4.94. The molecule has 0 unspecified atom stereocenters. The summed E-state index contributed by atoms with van der Waals surface area (Å²) < 4.78 is 26.6. The van der Waals surface area contributed by atoms with Crippen LogP contribution in [0.4, 0.5) is 0 Å². The third-order valence-corrected chi connectivity index (χ3v) is 3.05. The van der Waals surface area contributed by atoms with E-state index in [9.17, 15) is 8.42 Å². The van der Waals surface area contributed by atoms with Crippen LogP contribution in [-0.4, -0.2) is 25.2 Å². The van der Waals surface area contributed by atoms with Crippen LogP contribution < -0.4 is 5.73 Å². The molecule has 5 nitrogen and oxygen atoms in total. The van der Waals surface area contributed by atoms with Gasteiger partial charge in [0.2, 0.25) is 0 Å². The van der Waals surface area contributed by atoms with Gasteiger partial charge in [-0.2, -0.15) is 8.42 Å². The summed E-state index contributed by atoms with van der Waals surface area (Å²) in [6, 6.07) is 0. The van der Waals surface area contributed by atoms with Gasteiger partial charge < -0.3 is 10.8 Å². The quantitative estimate of drug-likeness (QED) is 0.500. The highest BCUT2D eigenvalue weighted by atomic mass is 32.2. The molecule has 0 heterocycles. The van der Waals surface area contributed by atoms with Gasteiger partial charge >= 0.3 is 0 Å². The molecule has 1 fully saturated rings. The Morgan fingerprint density at radius 3 is 2.31 bits per heavy atom. The van der Waals surface area contributed by atoms with Crippen molar-refractivity contribution in [1.82, 2.24) is 0 Å². The first-order chi connectivity index (χ1) is 5.97. The predicted octanol–water partition coefficient (Wildman–Crippen LogP) is -0.0983. The molecule has 78 valence electrons. The van der Waals surface area contributed by atoms with E-state index in [1.807, 2.05) is 0 Å². The summed E-state index contributed by atoms with van der Waals surface area (Å²) in [4.78, 5) is 0. The molecule has 0 aliphatic heterocycles. The van der Waals surface area contributed by atoms with Crippen molar-refractivity contribution in [3.63, 3.8) is 0 Å². The Balaban J connectivity index is 2.60. The van der Waals surface area contributed by atoms with E-state index in [0.717, 1.165) is 19.3 Å². The Morgan fingerprint density at radius 1 is 1.31 bits per heavy atom. The van der Waals surface area contributed by atoms with Crippen molar-refractivity contribution in [2.75, 3.05) is 5.94 Å². The molecule has 3 N–H and O–H groups in total. The van der Waals surface area contributed by atoms with Crippen LogP contribution in [0.2, 0.25) is 0 Å². The van der Waals surface area contributed by atoms with Crippen LogP contribution in [0.25, 0.3) is 0 Å². The second-order valence-electron chi connectivity index (χ2n) is 3.40. The minimum atomic E-state index is -3.85. The van der Waals surface area contributed by atoms with E-state index < -0.39 is 21.8 Å². The zero-order valence-corrected chi connectivity index (χ0v) is 8.22. The molecule has 0 amide bonds. The highest BCUT2D eigenvalue weighted by Gasteiger charge is 2.33. The lowest BCUT2D eigenvalue weighted by Crippen LogP contribution is -2.46. The van der Waals surface area contributed by atoms with Crippen LogP contribution in [-0.2, 0) is 14.3 Å². The Bertz CT molecular complexity index is 256. The summed E-state index contributed by atoms with van der Waals surface area (Å²) in [5.41, 5.74) is 4.62. The first kappa shape index (κ1) is 10.9. The van der Waals surface area contributed by atoms with Gasteiger partial charge in [0.25, 0.3) is 10.1 Å². The predicted molar refractivity (Wildman–Crippen MR) is 47.1 cm³/mol. The molecule has 0 bridgehead atoms. The molecule has 0 aromatic carbocycles. The molecular weight excluding hydrogens is 194 g/mol. The molecule has 0 radical (unpaired) electrons. The number of aliphatic hydroxyl groups is 1. The summed E-state index contributed by atoms with van der Waals surface area (Å²) in [7, 11) is -3.85. The molecular formula is C7H15NO4S. The molecule has 1 rings (SSSR count). The van der Waals surface area contributed by atoms with E-state index in [1.165, 1.54) is 0 Å². The fourth-order valence-corrected chi connectivity index (χ4v) is 2.24. The molecule has 0 atom stereocenters. The van der Waals surface area contributed by atoms with Gasteiger partial charge in [-0.1, -0.05) is 6.42 Å². The van der Waals surface area contributed by atoms with Crippen molar-refractivity contribution in [3.05, 3.63) is 0 Å². The van der Waals surface area contributed by atoms with Crippen LogP contribution in [0.5, 0.6) is 0 Å². The highest BCUT2D eigenvalue weighted by Crippen LogP contribution is 2.28. The normalized spacial score (nSPS) is 22.9. The average Bonchev–Trinajstić information content (AvgIpc) is 2.04. The Hall–Kier alpha value is -0.170. The largest absolute Gasteiger partial charge is 0.378 e. The summed E-state index contributed by atoms with van der Waals surface area (Å²) in [5.74, 6) is -1.01. The second kappa shape index (κ2) is 3.91. The standard InChI is InChI=1S/C7H15NO4S/c8-7(4-2-1-3-5-7)12-13(10,11)6-9/h9H,1-6,8H2. The number of hydrogen-bond acceptors (Lipinski definition) is 5. The highest BCUT2D eigenvalue weighted by molar-refractivity contribution is 7.86. The summed E-state index contributed by atoms with van der Waals surface area (Å²) in [5, 5.41) is 8.47. The Labute approximate surface area is 78.0 Å². The minimum Gasteiger partial charge on any atom is -0.378 e. The zero-order valence-electron chi connectivity index (χ0n) is 7.40. The smallest absolute Gasteiger partial charge is 0.293 e. The first-order valence-electron chi connectivity index (χ1n) is 4.30. The fourth-order valence-electron chi connectivity index (χ4n) is 1.51. The summed E-state index contributed by atoms with van der Waals surface area (Å²) >= 11 is 0. The van der Waals surface area contributed by atoms with Gasteiger partial charge in [0.15, 0.2) is 5.94 Å². The van der Waals surface area contributed by atoms with Crippen molar-refractivity contribution in [2.45, 2.75) is 37.8 Å². The minimum absolute atomic E-state index is 0.534. The van der Waals surface area contributed by atoms with E-state index in [4.69, 9.17) is 15.0 Å². The maximum atomic E-state index is 10.9. The van der Waals surface area contributed by atoms with Gasteiger partial charge in [0.05, 0.1) is 0 Å². The van der Waals surface area contributed by atoms with E-state index >= 15 is 0 Å². The lowest BCUT2D eigenvalue weighted by molar-refractivity contribution is 0.0402. The van der Waals surface area contributed by atoms with E-state index in [1.54, 1.807) is 0 Å². The van der Waals surface area contributed by atoms with Gasteiger partial charge in [-0.25, -0.2) is 4.18 Å². The van der Waals surface area contributed by atoms with Crippen molar-refractivity contribution in [1.29, 1.82) is 0 Å². The number of hydrogen-bond donors (Lipinski definition) is 2. The van der Waals surface area contributed by atoms with Crippen molar-refractivity contribution in [2.24, 2.45) is 5.73 Å². The number of rotatable bonds is 3. The average molecular weight is 209 g/mol. The monoisotopic (exact) mass is 209 g/mol. The summed E-state index contributed by atoms with van der Waals surface area (Å²) in [6.45, 7) is 0. The summed E-state index contributed by atoms with van der Waals surface area (Å²) in [6.07, 6.45) is 3.87. The topological polar surface area (TPSA) is 89.6 Å². The van der Waals surface area contributed by atoms with Crippen LogP contribution in [0, 0.1) is 0 Å². The molecule has 1 aliphatic rings. The lowest BCUT2D eigenvalue weighted by Gasteiger charge is -2.31. The third kappa shape index (κ3) is 3.22. The Morgan fingerprint density at radius 2 is 1.85 bits per heavy atom. The number of aliphatic hydroxyl groups excluding tert-OH is 1. The van der Waals surface area contributed by atoms with Gasteiger partial charge in [-0.3, -0.25) is 0 Å². The molecule has 6 heteroatoms. The molecule has 13 heavy (non-hydrogen) atoms. The van der Waals surface area contributed by atoms with E-state index in [-0.39, 0.29) is 0 Å². The van der Waals surface area contributed by atoms with Crippen LogP contribution >= 0.6 is 0 Å². The molecule has 1 aliphatic carbocycles. The van der Waals surface area contributed by atoms with Gasteiger partial charge in [-0.05, 0) is 25.7 Å². The lowest BCUT2D eigenvalue weighted by atomic mass is 9.93. The molecule has 0 spiro atoms. The molecule has 0 saturated heterocycles. The fraction of sp³-hybridized carbons (Fsp3) is 1.00. The maximum Gasteiger partial charge on any atom is 0.293 e. The third-order valence-electron chi connectivity index (χ3n) is 2.15. The number of nitrogens with two attached hydrogens (primary N) is 1. The molecule has 0 aromatic rings. The van der Waals surface area contributed by atoms with Crippen LogP contribution in [0.1, 0.15) is 32.1 Å². The van der Waals surface area contributed by atoms with Gasteiger partial charge in [0, 0.05) is 0 Å². The van der Waals surface area contributed by atoms with Gasteiger partial charge in [-0.15, -0.1) is 0 Å².